The predicted molar refractivity (Wildman–Crippen MR) is 89.2 cm³/mol. The van der Waals surface area contributed by atoms with Gasteiger partial charge in [-0.05, 0) is 47.1 Å². The van der Waals surface area contributed by atoms with E-state index in [4.69, 9.17) is 0 Å². The average molecular weight is 380 g/mol. The second kappa shape index (κ2) is 7.41. The standard InChI is InChI=1S/C16H18BrN3O3/c1-4-20-14(13(17)9-18-20)10-19(2)15(21)11-5-7-12(8-6-11)16(22)23-3/h5-9H,4,10H2,1-3H3. The van der Waals surface area contributed by atoms with Crippen molar-refractivity contribution in [3.8, 4) is 0 Å². The topological polar surface area (TPSA) is 64.4 Å². The first-order valence-electron chi connectivity index (χ1n) is 7.12. The molecule has 0 N–H and O–H groups in total. The number of aromatic nitrogens is 2. The molecule has 0 spiro atoms. The number of halogens is 1. The summed E-state index contributed by atoms with van der Waals surface area (Å²) in [6, 6.07) is 6.41. The van der Waals surface area contributed by atoms with E-state index in [1.807, 2.05) is 11.6 Å². The predicted octanol–water partition coefficient (Wildman–Crippen LogP) is 2.72. The molecular formula is C16H18BrN3O3. The summed E-state index contributed by atoms with van der Waals surface area (Å²) < 4.78 is 7.36. The van der Waals surface area contributed by atoms with E-state index < -0.39 is 5.97 Å². The van der Waals surface area contributed by atoms with E-state index in [-0.39, 0.29) is 5.91 Å². The van der Waals surface area contributed by atoms with E-state index in [1.54, 1.807) is 42.4 Å². The smallest absolute Gasteiger partial charge is 0.337 e. The van der Waals surface area contributed by atoms with Crippen LogP contribution in [-0.2, 0) is 17.8 Å². The Morgan fingerprint density at radius 2 is 1.87 bits per heavy atom. The summed E-state index contributed by atoms with van der Waals surface area (Å²) in [4.78, 5) is 25.5. The SMILES string of the molecule is CCn1ncc(Br)c1CN(C)C(=O)c1ccc(C(=O)OC)cc1. The Kier molecular flexibility index (Phi) is 5.54. The fourth-order valence-electron chi connectivity index (χ4n) is 2.20. The molecule has 0 bridgehead atoms. The van der Waals surface area contributed by atoms with Crippen molar-refractivity contribution in [3.05, 3.63) is 51.8 Å². The van der Waals surface area contributed by atoms with Gasteiger partial charge in [0.25, 0.3) is 5.91 Å². The molecule has 1 aromatic heterocycles. The van der Waals surface area contributed by atoms with Crippen LogP contribution < -0.4 is 0 Å². The number of hydrogen-bond acceptors (Lipinski definition) is 4. The molecule has 1 amide bonds. The summed E-state index contributed by atoms with van der Waals surface area (Å²) in [5, 5.41) is 4.24. The maximum atomic E-state index is 12.5. The molecule has 0 saturated carbocycles. The Balaban J connectivity index is 2.13. The fraction of sp³-hybridized carbons (Fsp3) is 0.312. The van der Waals surface area contributed by atoms with E-state index in [2.05, 4.69) is 25.8 Å². The van der Waals surface area contributed by atoms with Crippen LogP contribution in [0.3, 0.4) is 0 Å². The Labute approximate surface area is 143 Å². The molecule has 122 valence electrons. The monoisotopic (exact) mass is 379 g/mol. The van der Waals surface area contributed by atoms with E-state index in [0.29, 0.717) is 17.7 Å². The molecule has 23 heavy (non-hydrogen) atoms. The minimum Gasteiger partial charge on any atom is -0.465 e. The third-order valence-electron chi connectivity index (χ3n) is 3.48. The first kappa shape index (κ1) is 17.2. The van der Waals surface area contributed by atoms with Crippen molar-refractivity contribution in [2.24, 2.45) is 0 Å². The van der Waals surface area contributed by atoms with Gasteiger partial charge in [0.2, 0.25) is 0 Å². The summed E-state index contributed by atoms with van der Waals surface area (Å²) in [5.41, 5.74) is 1.87. The number of ether oxygens (including phenoxy) is 1. The second-order valence-electron chi connectivity index (χ2n) is 4.99. The Morgan fingerprint density at radius 1 is 1.26 bits per heavy atom. The van der Waals surface area contributed by atoms with Crippen molar-refractivity contribution >= 4 is 27.8 Å². The third kappa shape index (κ3) is 3.79. The normalized spacial score (nSPS) is 10.4. The van der Waals surface area contributed by atoms with Gasteiger partial charge in [0.05, 0.1) is 35.6 Å². The van der Waals surface area contributed by atoms with Gasteiger partial charge in [-0.1, -0.05) is 0 Å². The molecule has 2 rings (SSSR count). The summed E-state index contributed by atoms with van der Waals surface area (Å²) in [6.07, 6.45) is 1.72. The highest BCUT2D eigenvalue weighted by atomic mass is 79.9. The number of rotatable bonds is 5. The molecule has 0 unspecified atom stereocenters. The number of amides is 1. The Morgan fingerprint density at radius 3 is 2.43 bits per heavy atom. The molecular weight excluding hydrogens is 362 g/mol. The molecule has 0 fully saturated rings. The van der Waals surface area contributed by atoms with Crippen LogP contribution in [0, 0.1) is 0 Å². The first-order valence-corrected chi connectivity index (χ1v) is 7.91. The van der Waals surface area contributed by atoms with Gasteiger partial charge < -0.3 is 9.64 Å². The minimum atomic E-state index is -0.423. The van der Waals surface area contributed by atoms with Crippen molar-refractivity contribution in [2.75, 3.05) is 14.2 Å². The Bertz CT molecular complexity index is 710. The quantitative estimate of drug-likeness (QED) is 0.749. The molecule has 1 aromatic carbocycles. The lowest BCUT2D eigenvalue weighted by atomic mass is 10.1. The molecule has 0 aliphatic heterocycles. The van der Waals surface area contributed by atoms with E-state index >= 15 is 0 Å². The molecule has 1 heterocycles. The van der Waals surface area contributed by atoms with Crippen LogP contribution in [0.1, 0.15) is 33.3 Å². The average Bonchev–Trinajstić information content (AvgIpc) is 2.93. The number of carbonyl (C=O) groups excluding carboxylic acids is 2. The molecule has 0 aliphatic rings. The van der Waals surface area contributed by atoms with Crippen LogP contribution in [0.25, 0.3) is 0 Å². The zero-order chi connectivity index (χ0) is 17.0. The number of benzene rings is 1. The van der Waals surface area contributed by atoms with Gasteiger partial charge in [-0.2, -0.15) is 5.10 Å². The van der Waals surface area contributed by atoms with Gasteiger partial charge in [0.15, 0.2) is 0 Å². The van der Waals surface area contributed by atoms with Gasteiger partial charge in [-0.3, -0.25) is 9.48 Å². The lowest BCUT2D eigenvalue weighted by Gasteiger charge is -2.18. The van der Waals surface area contributed by atoms with Gasteiger partial charge in [-0.25, -0.2) is 4.79 Å². The minimum absolute atomic E-state index is 0.128. The number of carbonyl (C=O) groups is 2. The molecule has 0 atom stereocenters. The van der Waals surface area contributed by atoms with Crippen LogP contribution >= 0.6 is 15.9 Å². The lowest BCUT2D eigenvalue weighted by molar-refractivity contribution is 0.0600. The van der Waals surface area contributed by atoms with Crippen molar-refractivity contribution < 1.29 is 14.3 Å². The lowest BCUT2D eigenvalue weighted by Crippen LogP contribution is -2.27. The summed E-state index contributed by atoms with van der Waals surface area (Å²) in [7, 11) is 3.06. The summed E-state index contributed by atoms with van der Waals surface area (Å²) >= 11 is 3.45. The first-order chi connectivity index (χ1) is 11.0. The van der Waals surface area contributed by atoms with Gasteiger partial charge in [0, 0.05) is 19.2 Å². The van der Waals surface area contributed by atoms with Crippen LogP contribution in [-0.4, -0.2) is 40.7 Å². The maximum absolute atomic E-state index is 12.5. The van der Waals surface area contributed by atoms with Crippen LogP contribution in [0.4, 0.5) is 0 Å². The number of esters is 1. The largest absolute Gasteiger partial charge is 0.465 e. The molecule has 0 aliphatic carbocycles. The highest BCUT2D eigenvalue weighted by Gasteiger charge is 2.17. The number of hydrogen-bond donors (Lipinski definition) is 0. The number of nitrogens with zero attached hydrogens (tertiary/aromatic N) is 3. The Hall–Kier alpha value is -2.15. The summed E-state index contributed by atoms with van der Waals surface area (Å²) in [6.45, 7) is 3.17. The van der Waals surface area contributed by atoms with E-state index in [9.17, 15) is 9.59 Å². The highest BCUT2D eigenvalue weighted by molar-refractivity contribution is 9.10. The van der Waals surface area contributed by atoms with Crippen molar-refractivity contribution in [2.45, 2.75) is 20.0 Å². The van der Waals surface area contributed by atoms with Crippen molar-refractivity contribution in [1.82, 2.24) is 14.7 Å². The second-order valence-corrected chi connectivity index (χ2v) is 5.84. The van der Waals surface area contributed by atoms with E-state index in [0.717, 1.165) is 16.7 Å². The molecule has 7 heteroatoms. The zero-order valence-corrected chi connectivity index (χ0v) is 14.8. The summed E-state index contributed by atoms with van der Waals surface area (Å²) in [5.74, 6) is -0.551. The van der Waals surface area contributed by atoms with Crippen LogP contribution in [0.5, 0.6) is 0 Å². The number of aryl methyl sites for hydroxylation is 1. The van der Waals surface area contributed by atoms with Gasteiger partial charge in [-0.15, -0.1) is 0 Å². The maximum Gasteiger partial charge on any atom is 0.337 e. The van der Waals surface area contributed by atoms with Gasteiger partial charge in [0.1, 0.15) is 0 Å². The van der Waals surface area contributed by atoms with Gasteiger partial charge >= 0.3 is 5.97 Å². The molecule has 6 nitrogen and oxygen atoms in total. The molecule has 0 saturated heterocycles. The van der Waals surface area contributed by atoms with E-state index in [1.165, 1.54) is 7.11 Å². The fourth-order valence-corrected chi connectivity index (χ4v) is 2.62. The number of methoxy groups -OCH3 is 1. The van der Waals surface area contributed by atoms with Crippen molar-refractivity contribution in [3.63, 3.8) is 0 Å². The third-order valence-corrected chi connectivity index (χ3v) is 4.15. The zero-order valence-electron chi connectivity index (χ0n) is 13.2. The molecule has 0 radical (unpaired) electrons. The van der Waals surface area contributed by atoms with Crippen LogP contribution in [0.2, 0.25) is 0 Å². The highest BCUT2D eigenvalue weighted by Crippen LogP contribution is 2.18. The van der Waals surface area contributed by atoms with Crippen molar-refractivity contribution in [1.29, 1.82) is 0 Å². The molecule has 2 aromatic rings. The van der Waals surface area contributed by atoms with Crippen LogP contribution in [0.15, 0.2) is 34.9 Å².